The molecule has 0 bridgehead atoms. The molecule has 2 N–H and O–H groups in total. The number of ether oxygens (including phenoxy) is 2. The summed E-state index contributed by atoms with van der Waals surface area (Å²) in [6, 6.07) is 3.81. The van der Waals surface area contributed by atoms with Crippen molar-refractivity contribution in [1.82, 2.24) is 0 Å². The Morgan fingerprint density at radius 2 is 2.11 bits per heavy atom. The van der Waals surface area contributed by atoms with E-state index < -0.39 is 0 Å². The van der Waals surface area contributed by atoms with Crippen molar-refractivity contribution in [2.45, 2.75) is 25.7 Å². The molecule has 0 spiro atoms. The van der Waals surface area contributed by atoms with Gasteiger partial charge >= 0.3 is 0 Å². The fraction of sp³-hybridized carbons (Fsp3) is 0.571. The summed E-state index contributed by atoms with van der Waals surface area (Å²) in [7, 11) is 1.65. The van der Waals surface area contributed by atoms with Gasteiger partial charge in [-0.05, 0) is 49.8 Å². The lowest BCUT2D eigenvalue weighted by Gasteiger charge is -2.13. The molecule has 1 aliphatic carbocycles. The summed E-state index contributed by atoms with van der Waals surface area (Å²) in [5.74, 6) is 2.21. The molecule has 18 heavy (non-hydrogen) atoms. The third kappa shape index (κ3) is 3.53. The molecule has 0 radical (unpaired) electrons. The van der Waals surface area contributed by atoms with E-state index in [9.17, 15) is 0 Å². The van der Waals surface area contributed by atoms with E-state index in [1.807, 2.05) is 12.1 Å². The molecule has 0 amide bonds. The molecule has 0 saturated heterocycles. The maximum Gasteiger partial charge on any atom is 0.162 e. The summed E-state index contributed by atoms with van der Waals surface area (Å²) >= 11 is 6.25. The molecule has 0 heterocycles. The highest BCUT2D eigenvalue weighted by atomic mass is 35.5. The standard InChI is InChI=1S/C14H20ClNO2/c1-17-13-7-11(3-2-6-16)12(15)8-14(13)18-9-10-4-5-10/h7-8,10H,2-6,9,16H2,1H3. The van der Waals surface area contributed by atoms with Crippen molar-refractivity contribution in [2.75, 3.05) is 20.3 Å². The number of hydrogen-bond donors (Lipinski definition) is 1. The van der Waals surface area contributed by atoms with Gasteiger partial charge in [-0.15, -0.1) is 0 Å². The maximum atomic E-state index is 6.25. The number of rotatable bonds is 7. The summed E-state index contributed by atoms with van der Waals surface area (Å²) in [6.45, 7) is 1.42. The van der Waals surface area contributed by atoms with Crippen LogP contribution in [0.5, 0.6) is 11.5 Å². The predicted octanol–water partition coefficient (Wildman–Crippen LogP) is 3.03. The Kier molecular flexibility index (Phi) is 4.72. The molecular formula is C14H20ClNO2. The Morgan fingerprint density at radius 1 is 1.33 bits per heavy atom. The van der Waals surface area contributed by atoms with E-state index >= 15 is 0 Å². The lowest BCUT2D eigenvalue weighted by molar-refractivity contribution is 0.280. The van der Waals surface area contributed by atoms with E-state index in [0.717, 1.165) is 41.5 Å². The van der Waals surface area contributed by atoms with Crippen LogP contribution in [0.2, 0.25) is 5.02 Å². The zero-order valence-electron chi connectivity index (χ0n) is 10.7. The Labute approximate surface area is 113 Å². The van der Waals surface area contributed by atoms with Crippen LogP contribution in [0.15, 0.2) is 12.1 Å². The molecule has 3 nitrogen and oxygen atoms in total. The first-order chi connectivity index (χ1) is 8.74. The minimum Gasteiger partial charge on any atom is -0.493 e. The van der Waals surface area contributed by atoms with Crippen molar-refractivity contribution < 1.29 is 9.47 Å². The number of aryl methyl sites for hydroxylation is 1. The van der Waals surface area contributed by atoms with Gasteiger partial charge in [0.25, 0.3) is 0 Å². The highest BCUT2D eigenvalue weighted by molar-refractivity contribution is 6.31. The van der Waals surface area contributed by atoms with Crippen molar-refractivity contribution in [3.63, 3.8) is 0 Å². The Balaban J connectivity index is 2.10. The molecule has 0 unspecified atom stereocenters. The Morgan fingerprint density at radius 3 is 2.72 bits per heavy atom. The van der Waals surface area contributed by atoms with Gasteiger partial charge in [-0.2, -0.15) is 0 Å². The van der Waals surface area contributed by atoms with Gasteiger partial charge < -0.3 is 15.2 Å². The number of hydrogen-bond acceptors (Lipinski definition) is 3. The molecule has 2 rings (SSSR count). The van der Waals surface area contributed by atoms with Gasteiger partial charge in [0.05, 0.1) is 13.7 Å². The van der Waals surface area contributed by atoms with E-state index in [1.54, 1.807) is 7.11 Å². The molecular weight excluding hydrogens is 250 g/mol. The number of halogens is 1. The van der Waals surface area contributed by atoms with Crippen molar-refractivity contribution in [1.29, 1.82) is 0 Å². The van der Waals surface area contributed by atoms with Gasteiger partial charge in [0, 0.05) is 11.1 Å². The summed E-state index contributed by atoms with van der Waals surface area (Å²) in [6.07, 6.45) is 4.33. The second-order valence-electron chi connectivity index (χ2n) is 4.74. The summed E-state index contributed by atoms with van der Waals surface area (Å²) in [5.41, 5.74) is 6.58. The lowest BCUT2D eigenvalue weighted by atomic mass is 10.1. The maximum absolute atomic E-state index is 6.25. The van der Waals surface area contributed by atoms with Crippen LogP contribution >= 0.6 is 11.6 Å². The zero-order valence-corrected chi connectivity index (χ0v) is 11.5. The third-order valence-electron chi connectivity index (χ3n) is 3.15. The molecule has 1 saturated carbocycles. The average molecular weight is 270 g/mol. The van der Waals surface area contributed by atoms with Crippen LogP contribution in [0.25, 0.3) is 0 Å². The largest absolute Gasteiger partial charge is 0.493 e. The number of benzene rings is 1. The highest BCUT2D eigenvalue weighted by Crippen LogP contribution is 2.36. The zero-order chi connectivity index (χ0) is 13.0. The van der Waals surface area contributed by atoms with Crippen molar-refractivity contribution in [3.8, 4) is 11.5 Å². The van der Waals surface area contributed by atoms with E-state index in [1.165, 1.54) is 12.8 Å². The molecule has 1 fully saturated rings. The van der Waals surface area contributed by atoms with E-state index in [2.05, 4.69) is 0 Å². The quantitative estimate of drug-likeness (QED) is 0.828. The van der Waals surface area contributed by atoms with Crippen LogP contribution in [0.3, 0.4) is 0 Å². The molecule has 1 aromatic carbocycles. The smallest absolute Gasteiger partial charge is 0.162 e. The topological polar surface area (TPSA) is 44.5 Å². The first-order valence-electron chi connectivity index (χ1n) is 6.44. The van der Waals surface area contributed by atoms with Gasteiger partial charge in [0.2, 0.25) is 0 Å². The fourth-order valence-electron chi connectivity index (χ4n) is 1.83. The number of nitrogens with two attached hydrogens (primary N) is 1. The van der Waals surface area contributed by atoms with Gasteiger partial charge in [0.1, 0.15) is 0 Å². The summed E-state index contributed by atoms with van der Waals surface area (Å²) in [5, 5.41) is 0.732. The second-order valence-corrected chi connectivity index (χ2v) is 5.15. The average Bonchev–Trinajstić information content (AvgIpc) is 3.19. The summed E-state index contributed by atoms with van der Waals surface area (Å²) in [4.78, 5) is 0. The van der Waals surface area contributed by atoms with Crippen LogP contribution < -0.4 is 15.2 Å². The normalized spacial score (nSPS) is 14.6. The highest BCUT2D eigenvalue weighted by Gasteiger charge is 2.22. The molecule has 0 aromatic heterocycles. The van der Waals surface area contributed by atoms with Crippen LogP contribution in [0, 0.1) is 5.92 Å². The van der Waals surface area contributed by atoms with Crippen LogP contribution in [0.4, 0.5) is 0 Å². The minimum atomic E-state index is 0.665. The molecule has 1 aliphatic rings. The minimum absolute atomic E-state index is 0.665. The van der Waals surface area contributed by atoms with Crippen molar-refractivity contribution in [3.05, 3.63) is 22.7 Å². The van der Waals surface area contributed by atoms with Gasteiger partial charge in [-0.1, -0.05) is 11.6 Å². The summed E-state index contributed by atoms with van der Waals surface area (Å²) < 4.78 is 11.1. The Hall–Kier alpha value is -0.930. The van der Waals surface area contributed by atoms with Gasteiger partial charge in [-0.25, -0.2) is 0 Å². The molecule has 4 heteroatoms. The first kappa shape index (κ1) is 13.5. The predicted molar refractivity (Wildman–Crippen MR) is 73.6 cm³/mol. The van der Waals surface area contributed by atoms with Gasteiger partial charge in [0.15, 0.2) is 11.5 Å². The monoisotopic (exact) mass is 269 g/mol. The van der Waals surface area contributed by atoms with E-state index in [4.69, 9.17) is 26.8 Å². The first-order valence-corrected chi connectivity index (χ1v) is 6.81. The fourth-order valence-corrected chi connectivity index (χ4v) is 2.07. The lowest BCUT2D eigenvalue weighted by Crippen LogP contribution is -2.03. The van der Waals surface area contributed by atoms with Gasteiger partial charge in [-0.3, -0.25) is 0 Å². The third-order valence-corrected chi connectivity index (χ3v) is 3.51. The molecule has 1 aromatic rings. The number of methoxy groups -OCH3 is 1. The SMILES string of the molecule is COc1cc(CCCN)c(Cl)cc1OCC1CC1. The van der Waals surface area contributed by atoms with Crippen LogP contribution in [-0.4, -0.2) is 20.3 Å². The van der Waals surface area contributed by atoms with E-state index in [0.29, 0.717) is 12.5 Å². The Bertz CT molecular complexity index is 405. The van der Waals surface area contributed by atoms with E-state index in [-0.39, 0.29) is 0 Å². The second kappa shape index (κ2) is 6.30. The van der Waals surface area contributed by atoms with Crippen LogP contribution in [0.1, 0.15) is 24.8 Å². The molecule has 100 valence electrons. The van der Waals surface area contributed by atoms with Crippen molar-refractivity contribution in [2.24, 2.45) is 11.7 Å². The molecule has 0 aliphatic heterocycles. The van der Waals surface area contributed by atoms with Crippen LogP contribution in [-0.2, 0) is 6.42 Å². The molecule has 0 atom stereocenters. The van der Waals surface area contributed by atoms with Crippen molar-refractivity contribution >= 4 is 11.6 Å².